The quantitative estimate of drug-likeness (QED) is 0.636. The third-order valence-corrected chi connectivity index (χ3v) is 3.80. The van der Waals surface area contributed by atoms with Gasteiger partial charge < -0.3 is 4.52 Å². The molecule has 0 aromatic carbocycles. The molecule has 70 valence electrons. The number of nitriles is 1. The largest absolute Gasteiger partial charge is 0.371 e. The molecule has 1 unspecified atom stereocenters. The lowest BCUT2D eigenvalue weighted by atomic mass is 10.4. The van der Waals surface area contributed by atoms with E-state index in [-0.39, 0.29) is 6.04 Å². The first kappa shape index (κ1) is 11.6. The van der Waals surface area contributed by atoms with E-state index in [1.54, 1.807) is 10.5 Å². The van der Waals surface area contributed by atoms with Gasteiger partial charge in [-0.25, -0.2) is 4.67 Å². The molecule has 1 atom stereocenters. The minimum Gasteiger partial charge on any atom is -0.310 e. The zero-order valence-corrected chi connectivity index (χ0v) is 8.84. The van der Waals surface area contributed by atoms with Gasteiger partial charge in [0.1, 0.15) is 0 Å². The SMILES string of the molecule is CCN(C(C)C)P(=O)(C#N)OC. The summed E-state index contributed by atoms with van der Waals surface area (Å²) in [5.74, 6) is 1.72. The van der Waals surface area contributed by atoms with E-state index in [9.17, 15) is 4.57 Å². The number of hydrogen-bond acceptors (Lipinski definition) is 3. The van der Waals surface area contributed by atoms with Crippen LogP contribution in [0.2, 0.25) is 0 Å². The van der Waals surface area contributed by atoms with Gasteiger partial charge in [0.05, 0.1) is 0 Å². The molecule has 0 rings (SSSR count). The Kier molecular flexibility index (Phi) is 4.47. The molecule has 0 amide bonds. The molecule has 5 heteroatoms. The Morgan fingerprint density at radius 1 is 1.67 bits per heavy atom. The van der Waals surface area contributed by atoms with Crippen LogP contribution < -0.4 is 0 Å². The molecule has 0 aromatic rings. The van der Waals surface area contributed by atoms with E-state index >= 15 is 0 Å². The maximum Gasteiger partial charge on any atom is 0.371 e. The fourth-order valence-electron chi connectivity index (χ4n) is 1.06. The van der Waals surface area contributed by atoms with Gasteiger partial charge in [0.2, 0.25) is 0 Å². The minimum atomic E-state index is -3.21. The molecule has 0 heterocycles. The van der Waals surface area contributed by atoms with Crippen molar-refractivity contribution in [3.63, 3.8) is 0 Å². The van der Waals surface area contributed by atoms with Crippen LogP contribution in [-0.4, -0.2) is 24.4 Å². The van der Waals surface area contributed by atoms with Crippen molar-refractivity contribution in [3.05, 3.63) is 0 Å². The monoisotopic (exact) mass is 190 g/mol. The van der Waals surface area contributed by atoms with Crippen LogP contribution in [0.25, 0.3) is 0 Å². The number of rotatable bonds is 4. The molecule has 0 N–H and O–H groups in total. The Morgan fingerprint density at radius 2 is 2.17 bits per heavy atom. The van der Waals surface area contributed by atoms with Gasteiger partial charge in [0.15, 0.2) is 5.81 Å². The van der Waals surface area contributed by atoms with E-state index in [1.807, 2.05) is 20.8 Å². The summed E-state index contributed by atoms with van der Waals surface area (Å²) >= 11 is 0. The molecule has 0 aliphatic heterocycles. The lowest BCUT2D eigenvalue weighted by Crippen LogP contribution is -2.27. The lowest BCUT2D eigenvalue weighted by molar-refractivity contribution is 0.292. The highest BCUT2D eigenvalue weighted by atomic mass is 31.2. The summed E-state index contributed by atoms with van der Waals surface area (Å²) in [6.45, 7) is 6.17. The molecule has 0 aliphatic carbocycles. The normalized spacial score (nSPS) is 16.1. The molecule has 0 aromatic heterocycles. The maximum absolute atomic E-state index is 11.7. The second kappa shape index (κ2) is 4.61. The third kappa shape index (κ3) is 2.31. The topological polar surface area (TPSA) is 53.3 Å². The predicted molar refractivity (Wildman–Crippen MR) is 47.7 cm³/mol. The van der Waals surface area contributed by atoms with Gasteiger partial charge in [-0.2, -0.15) is 5.26 Å². The van der Waals surface area contributed by atoms with E-state index in [0.29, 0.717) is 6.54 Å². The van der Waals surface area contributed by atoms with Gasteiger partial charge in [-0.05, 0) is 13.8 Å². The third-order valence-electron chi connectivity index (χ3n) is 1.63. The van der Waals surface area contributed by atoms with Gasteiger partial charge in [0.25, 0.3) is 0 Å². The van der Waals surface area contributed by atoms with Crippen molar-refractivity contribution in [2.24, 2.45) is 0 Å². The Morgan fingerprint density at radius 3 is 2.25 bits per heavy atom. The molecule has 12 heavy (non-hydrogen) atoms. The van der Waals surface area contributed by atoms with Crippen molar-refractivity contribution in [1.29, 1.82) is 5.26 Å². The molecular formula is C7H15N2O2P. The molecular weight excluding hydrogens is 175 g/mol. The van der Waals surface area contributed by atoms with Crippen molar-refractivity contribution in [1.82, 2.24) is 4.67 Å². The van der Waals surface area contributed by atoms with Gasteiger partial charge in [-0.3, -0.25) is 4.57 Å². The summed E-state index contributed by atoms with van der Waals surface area (Å²) < 4.78 is 18.0. The molecule has 0 saturated heterocycles. The molecule has 0 saturated carbocycles. The van der Waals surface area contributed by atoms with E-state index in [0.717, 1.165) is 0 Å². The predicted octanol–water partition coefficient (Wildman–Crippen LogP) is 2.04. The van der Waals surface area contributed by atoms with Crippen LogP contribution in [-0.2, 0) is 9.09 Å². The van der Waals surface area contributed by atoms with Crippen molar-refractivity contribution in [2.75, 3.05) is 13.7 Å². The highest BCUT2D eigenvalue weighted by Crippen LogP contribution is 2.49. The number of nitrogens with zero attached hydrogens (tertiary/aromatic N) is 2. The van der Waals surface area contributed by atoms with Crippen LogP contribution in [0.15, 0.2) is 0 Å². The zero-order valence-electron chi connectivity index (χ0n) is 7.94. The molecule has 0 bridgehead atoms. The van der Waals surface area contributed by atoms with Crippen molar-refractivity contribution >= 4 is 7.52 Å². The molecule has 0 spiro atoms. The summed E-state index contributed by atoms with van der Waals surface area (Å²) in [6.07, 6.45) is 0. The van der Waals surface area contributed by atoms with Gasteiger partial charge >= 0.3 is 7.52 Å². The fourth-order valence-corrected chi connectivity index (χ4v) is 2.45. The van der Waals surface area contributed by atoms with Gasteiger partial charge in [-0.1, -0.05) is 6.92 Å². The molecule has 4 nitrogen and oxygen atoms in total. The zero-order chi connectivity index (χ0) is 9.78. The Hall–Kier alpha value is -0.360. The average molecular weight is 190 g/mol. The van der Waals surface area contributed by atoms with Crippen LogP contribution in [0, 0.1) is 11.1 Å². The molecule has 0 radical (unpaired) electrons. The van der Waals surface area contributed by atoms with Gasteiger partial charge in [0, 0.05) is 19.7 Å². The molecule has 0 fully saturated rings. The van der Waals surface area contributed by atoms with E-state index in [2.05, 4.69) is 0 Å². The first-order chi connectivity index (χ1) is 5.51. The average Bonchev–Trinajstić information content (AvgIpc) is 2.04. The van der Waals surface area contributed by atoms with Crippen LogP contribution in [0.3, 0.4) is 0 Å². The van der Waals surface area contributed by atoms with Crippen LogP contribution in [0.5, 0.6) is 0 Å². The van der Waals surface area contributed by atoms with Crippen molar-refractivity contribution < 1.29 is 9.09 Å². The Bertz CT molecular complexity index is 222. The standard InChI is InChI=1S/C7H15N2O2P/c1-5-9(7(2)3)12(10,6-8)11-4/h7H,5H2,1-4H3. The van der Waals surface area contributed by atoms with Crippen LogP contribution in [0.1, 0.15) is 20.8 Å². The second-order valence-corrected chi connectivity index (χ2v) is 4.77. The summed E-state index contributed by atoms with van der Waals surface area (Å²) in [4.78, 5) is 0. The summed E-state index contributed by atoms with van der Waals surface area (Å²) in [5.41, 5.74) is 0. The summed E-state index contributed by atoms with van der Waals surface area (Å²) in [6, 6.07) is 0.0560. The number of hydrogen-bond donors (Lipinski definition) is 0. The summed E-state index contributed by atoms with van der Waals surface area (Å²) in [5, 5.41) is 8.66. The second-order valence-electron chi connectivity index (χ2n) is 2.65. The fraction of sp³-hybridized carbons (Fsp3) is 0.857. The van der Waals surface area contributed by atoms with Crippen LogP contribution in [0.4, 0.5) is 0 Å². The Labute approximate surface area is 73.6 Å². The highest BCUT2D eigenvalue weighted by Gasteiger charge is 2.31. The van der Waals surface area contributed by atoms with E-state index in [4.69, 9.17) is 9.79 Å². The van der Waals surface area contributed by atoms with Crippen LogP contribution >= 0.6 is 7.52 Å². The Balaban J connectivity index is 4.72. The maximum atomic E-state index is 11.7. The van der Waals surface area contributed by atoms with Gasteiger partial charge in [-0.15, -0.1) is 0 Å². The van der Waals surface area contributed by atoms with Crippen molar-refractivity contribution in [3.8, 4) is 5.81 Å². The molecule has 0 aliphatic rings. The lowest BCUT2D eigenvalue weighted by Gasteiger charge is -2.27. The summed E-state index contributed by atoms with van der Waals surface area (Å²) in [7, 11) is -1.91. The van der Waals surface area contributed by atoms with E-state index < -0.39 is 7.52 Å². The first-order valence-corrected chi connectivity index (χ1v) is 5.43. The van der Waals surface area contributed by atoms with Crippen molar-refractivity contribution in [2.45, 2.75) is 26.8 Å². The smallest absolute Gasteiger partial charge is 0.310 e. The van der Waals surface area contributed by atoms with E-state index in [1.165, 1.54) is 7.11 Å². The highest BCUT2D eigenvalue weighted by molar-refractivity contribution is 7.61. The minimum absolute atomic E-state index is 0.0560. The first-order valence-electron chi connectivity index (χ1n) is 3.86.